The molecule has 0 aliphatic rings. The Balaban J connectivity index is 0.00000288. The maximum Gasteiger partial charge on any atom is 0.242 e. The second kappa shape index (κ2) is 9.78. The van der Waals surface area contributed by atoms with Crippen LogP contribution in [-0.2, 0) is 4.79 Å². The van der Waals surface area contributed by atoms with E-state index in [1.807, 2.05) is 6.26 Å². The minimum atomic E-state index is -0.552. The number of halogens is 2. The molecule has 2 aromatic rings. The lowest BCUT2D eigenvalue weighted by atomic mass is 10.1. The van der Waals surface area contributed by atoms with E-state index in [1.165, 1.54) is 0 Å². The molecule has 0 spiro atoms. The molecule has 0 unspecified atom stereocenters. The van der Waals surface area contributed by atoms with Crippen molar-refractivity contribution in [3.63, 3.8) is 0 Å². The second-order valence-electron chi connectivity index (χ2n) is 4.89. The molecular formula is C15H20Cl2N4O2S. The van der Waals surface area contributed by atoms with Crippen molar-refractivity contribution in [3.8, 4) is 17.0 Å². The van der Waals surface area contributed by atoms with Crippen molar-refractivity contribution in [1.82, 2.24) is 10.2 Å². The van der Waals surface area contributed by atoms with Gasteiger partial charge in [0.25, 0.3) is 0 Å². The zero-order valence-electron chi connectivity index (χ0n) is 13.3. The Bertz CT molecular complexity index is 681. The number of nitrogens with one attached hydrogen (secondary N) is 2. The van der Waals surface area contributed by atoms with Crippen molar-refractivity contribution in [3.05, 3.63) is 29.3 Å². The summed E-state index contributed by atoms with van der Waals surface area (Å²) in [5.41, 5.74) is 7.29. The summed E-state index contributed by atoms with van der Waals surface area (Å²) in [6.45, 7) is 0. The number of aromatic amines is 1. The van der Waals surface area contributed by atoms with Crippen LogP contribution in [0.2, 0.25) is 5.02 Å². The van der Waals surface area contributed by atoms with Crippen molar-refractivity contribution in [2.24, 2.45) is 5.73 Å². The number of benzene rings is 1. The van der Waals surface area contributed by atoms with Gasteiger partial charge in [-0.25, -0.2) is 0 Å². The highest BCUT2D eigenvalue weighted by Crippen LogP contribution is 2.32. The Morgan fingerprint density at radius 3 is 2.92 bits per heavy atom. The van der Waals surface area contributed by atoms with Crippen LogP contribution in [-0.4, -0.2) is 41.3 Å². The third kappa shape index (κ3) is 5.31. The lowest BCUT2D eigenvalue weighted by Gasteiger charge is -2.09. The molecule has 1 aromatic heterocycles. The van der Waals surface area contributed by atoms with Crippen LogP contribution in [0.25, 0.3) is 11.3 Å². The molecule has 1 aromatic carbocycles. The number of methoxy groups -OCH3 is 1. The Morgan fingerprint density at radius 1 is 1.50 bits per heavy atom. The minimum Gasteiger partial charge on any atom is -0.496 e. The molecule has 132 valence electrons. The SMILES string of the molecule is COc1ccc(Cl)cc1-c1cc(NC(=O)[C@@H](N)CCSC)n[nH]1.Cl. The average molecular weight is 391 g/mol. The van der Waals surface area contributed by atoms with Crippen molar-refractivity contribution in [1.29, 1.82) is 0 Å². The number of carbonyl (C=O) groups excluding carboxylic acids is 1. The summed E-state index contributed by atoms with van der Waals surface area (Å²) < 4.78 is 5.31. The van der Waals surface area contributed by atoms with Gasteiger partial charge in [0.05, 0.1) is 18.8 Å². The van der Waals surface area contributed by atoms with Gasteiger partial charge < -0.3 is 15.8 Å². The molecule has 0 saturated carbocycles. The van der Waals surface area contributed by atoms with E-state index >= 15 is 0 Å². The highest BCUT2D eigenvalue weighted by atomic mass is 35.5. The molecule has 6 nitrogen and oxygen atoms in total. The topological polar surface area (TPSA) is 93.0 Å². The molecule has 0 aliphatic carbocycles. The average Bonchev–Trinajstić information content (AvgIpc) is 3.00. The number of nitrogens with two attached hydrogens (primary N) is 1. The van der Waals surface area contributed by atoms with Gasteiger partial charge in [-0.3, -0.25) is 9.89 Å². The smallest absolute Gasteiger partial charge is 0.242 e. The number of amides is 1. The Morgan fingerprint density at radius 2 is 2.25 bits per heavy atom. The molecule has 0 radical (unpaired) electrons. The van der Waals surface area contributed by atoms with Gasteiger partial charge >= 0.3 is 0 Å². The van der Waals surface area contributed by atoms with Crippen molar-refractivity contribution >= 4 is 47.5 Å². The van der Waals surface area contributed by atoms with Gasteiger partial charge in [-0.15, -0.1) is 12.4 Å². The van der Waals surface area contributed by atoms with E-state index in [2.05, 4.69) is 15.5 Å². The van der Waals surface area contributed by atoms with Crippen molar-refractivity contribution < 1.29 is 9.53 Å². The lowest BCUT2D eigenvalue weighted by molar-refractivity contribution is -0.117. The van der Waals surface area contributed by atoms with Crippen LogP contribution in [0.15, 0.2) is 24.3 Å². The van der Waals surface area contributed by atoms with Crippen LogP contribution >= 0.6 is 35.8 Å². The highest BCUT2D eigenvalue weighted by Gasteiger charge is 2.16. The zero-order chi connectivity index (χ0) is 16.8. The fourth-order valence-electron chi connectivity index (χ4n) is 2.01. The number of hydrogen-bond donors (Lipinski definition) is 3. The third-order valence-electron chi connectivity index (χ3n) is 3.25. The van der Waals surface area contributed by atoms with Crippen LogP contribution in [0.1, 0.15) is 6.42 Å². The largest absolute Gasteiger partial charge is 0.496 e. The summed E-state index contributed by atoms with van der Waals surface area (Å²) in [4.78, 5) is 12.0. The molecule has 2 rings (SSSR count). The molecule has 0 fully saturated rings. The standard InChI is InChI=1S/C15H19ClN4O2S.ClH/c1-22-13-4-3-9(16)7-10(13)12-8-14(20-19-12)18-15(21)11(17)5-6-23-2;/h3-4,7-8,11H,5-6,17H2,1-2H3,(H2,18,19,20,21);1H/t11-;/m0./s1. The monoisotopic (exact) mass is 390 g/mol. The van der Waals surface area contributed by atoms with E-state index in [0.717, 1.165) is 11.3 Å². The Labute approximate surface area is 156 Å². The quantitative estimate of drug-likeness (QED) is 0.674. The van der Waals surface area contributed by atoms with Crippen LogP contribution in [0.5, 0.6) is 5.75 Å². The summed E-state index contributed by atoms with van der Waals surface area (Å²) in [6.07, 6.45) is 2.59. The minimum absolute atomic E-state index is 0. The van der Waals surface area contributed by atoms with Crippen LogP contribution in [0.3, 0.4) is 0 Å². The van der Waals surface area contributed by atoms with E-state index in [9.17, 15) is 4.79 Å². The van der Waals surface area contributed by atoms with Gasteiger partial charge in [0, 0.05) is 16.7 Å². The van der Waals surface area contributed by atoms with Crippen LogP contribution in [0.4, 0.5) is 5.82 Å². The predicted molar refractivity (Wildman–Crippen MR) is 102 cm³/mol. The normalized spacial score (nSPS) is 11.5. The second-order valence-corrected chi connectivity index (χ2v) is 6.31. The molecule has 24 heavy (non-hydrogen) atoms. The number of rotatable bonds is 7. The van der Waals surface area contributed by atoms with Gasteiger partial charge in [0.2, 0.25) is 5.91 Å². The Hall–Kier alpha value is -1.41. The van der Waals surface area contributed by atoms with Gasteiger partial charge in [0.1, 0.15) is 5.75 Å². The summed E-state index contributed by atoms with van der Waals surface area (Å²) in [7, 11) is 1.58. The third-order valence-corrected chi connectivity index (χ3v) is 4.13. The fraction of sp³-hybridized carbons (Fsp3) is 0.333. The maximum absolute atomic E-state index is 12.0. The lowest BCUT2D eigenvalue weighted by Crippen LogP contribution is -2.36. The first-order valence-corrected chi connectivity index (χ1v) is 8.77. The van der Waals surface area contributed by atoms with Crippen LogP contribution in [0, 0.1) is 0 Å². The molecule has 0 aliphatic heterocycles. The predicted octanol–water partition coefficient (Wildman–Crippen LogP) is 3.18. The number of nitrogens with zero attached hydrogens (tertiary/aromatic N) is 1. The number of aromatic nitrogens is 2. The van der Waals surface area contributed by atoms with E-state index in [0.29, 0.717) is 28.7 Å². The molecular weight excluding hydrogens is 371 g/mol. The molecule has 0 bridgehead atoms. The molecule has 0 saturated heterocycles. The fourth-order valence-corrected chi connectivity index (χ4v) is 2.67. The van der Waals surface area contributed by atoms with Gasteiger partial charge in [-0.05, 0) is 36.6 Å². The molecule has 9 heteroatoms. The van der Waals surface area contributed by atoms with E-state index in [4.69, 9.17) is 22.1 Å². The summed E-state index contributed by atoms with van der Waals surface area (Å²) in [6, 6.07) is 6.45. The number of carbonyl (C=O) groups is 1. The van der Waals surface area contributed by atoms with E-state index < -0.39 is 6.04 Å². The molecule has 4 N–H and O–H groups in total. The summed E-state index contributed by atoms with van der Waals surface area (Å²) in [5, 5.41) is 10.2. The number of thioether (sulfide) groups is 1. The van der Waals surface area contributed by atoms with Crippen molar-refractivity contribution in [2.75, 3.05) is 24.4 Å². The van der Waals surface area contributed by atoms with Crippen LogP contribution < -0.4 is 15.8 Å². The van der Waals surface area contributed by atoms with Gasteiger partial charge in [-0.2, -0.15) is 16.9 Å². The number of anilines is 1. The number of H-pyrrole nitrogens is 1. The first-order chi connectivity index (χ1) is 11.0. The maximum atomic E-state index is 12.0. The summed E-state index contributed by atoms with van der Waals surface area (Å²) >= 11 is 7.68. The van der Waals surface area contributed by atoms with E-state index in [-0.39, 0.29) is 18.3 Å². The highest BCUT2D eigenvalue weighted by molar-refractivity contribution is 7.98. The Kier molecular flexibility index (Phi) is 8.41. The first kappa shape index (κ1) is 20.6. The first-order valence-electron chi connectivity index (χ1n) is 7.00. The molecule has 1 heterocycles. The molecule has 1 atom stereocenters. The van der Waals surface area contributed by atoms with Crippen molar-refractivity contribution in [2.45, 2.75) is 12.5 Å². The molecule has 1 amide bonds. The zero-order valence-corrected chi connectivity index (χ0v) is 15.7. The summed E-state index contributed by atoms with van der Waals surface area (Å²) in [5.74, 6) is 1.65. The van der Waals surface area contributed by atoms with Gasteiger partial charge in [-0.1, -0.05) is 11.6 Å². The van der Waals surface area contributed by atoms with E-state index in [1.54, 1.807) is 43.1 Å². The van der Waals surface area contributed by atoms with Gasteiger partial charge in [0.15, 0.2) is 5.82 Å². The number of ether oxygens (including phenoxy) is 1. The number of hydrogen-bond acceptors (Lipinski definition) is 5.